The van der Waals surface area contributed by atoms with Gasteiger partial charge in [0.15, 0.2) is 40.5 Å². The fourth-order valence-corrected chi connectivity index (χ4v) is 4.56. The summed E-state index contributed by atoms with van der Waals surface area (Å²) in [5, 5.41) is 35.3. The van der Waals surface area contributed by atoms with Gasteiger partial charge in [0.1, 0.15) is 11.6 Å². The Balaban J connectivity index is 0.000000210. The molecular weight excluding hydrogens is 822 g/mol. The van der Waals surface area contributed by atoms with Crippen molar-refractivity contribution in [1.82, 2.24) is 0 Å². The molecule has 0 aromatic heterocycles. The highest BCUT2D eigenvalue weighted by atomic mass is 79.9. The van der Waals surface area contributed by atoms with E-state index in [1.807, 2.05) is 55.4 Å². The van der Waals surface area contributed by atoms with Crippen molar-refractivity contribution in [2.45, 2.75) is 77.8 Å². The van der Waals surface area contributed by atoms with Crippen LogP contribution in [0.2, 0.25) is 0 Å². The Bertz CT molecular complexity index is 1950. The molecule has 0 amide bonds. The van der Waals surface area contributed by atoms with E-state index in [2.05, 4.69) is 15.9 Å². The Morgan fingerprint density at radius 3 is 1.61 bits per heavy atom. The van der Waals surface area contributed by atoms with Gasteiger partial charge in [-0.1, -0.05) is 18.2 Å². The average Bonchev–Trinajstić information content (AvgIpc) is 3.48. The number of hydrogen-bond acceptors (Lipinski definition) is 9. The highest BCUT2D eigenvalue weighted by molar-refractivity contribution is 9.10. The lowest BCUT2D eigenvalue weighted by Crippen LogP contribution is -2.41. The van der Waals surface area contributed by atoms with E-state index in [-0.39, 0.29) is 26.9 Å². The van der Waals surface area contributed by atoms with Crippen LogP contribution in [0.15, 0.2) is 65.1 Å². The van der Waals surface area contributed by atoms with Gasteiger partial charge in [-0.2, -0.15) is 13.2 Å². The smallest absolute Gasteiger partial charge is 0.497 e. The van der Waals surface area contributed by atoms with Gasteiger partial charge in [0.05, 0.1) is 26.9 Å². The second-order valence-electron chi connectivity index (χ2n) is 14.2. The number of ether oxygens (including phenoxy) is 1. The summed E-state index contributed by atoms with van der Waals surface area (Å²) in [6.07, 6.45) is 0. The molecule has 56 heavy (non-hydrogen) atoms. The van der Waals surface area contributed by atoms with Crippen LogP contribution in [0.5, 0.6) is 23.0 Å². The monoisotopic (exact) mass is 859 g/mol. The van der Waals surface area contributed by atoms with E-state index in [0.29, 0.717) is 0 Å². The normalized spacial score (nSPS) is 16.9. The minimum Gasteiger partial charge on any atom is -0.505 e. The van der Waals surface area contributed by atoms with Crippen LogP contribution >= 0.6 is 15.9 Å². The molecule has 2 fully saturated rings. The van der Waals surface area contributed by atoms with Crippen LogP contribution in [0.4, 0.5) is 30.7 Å². The van der Waals surface area contributed by atoms with E-state index in [4.69, 9.17) is 43.6 Å². The lowest BCUT2D eigenvalue weighted by Gasteiger charge is -2.32. The molecule has 1 radical (unpaired) electrons. The molecule has 0 aliphatic carbocycles. The Hall–Kier alpha value is -3.78. The van der Waals surface area contributed by atoms with E-state index in [9.17, 15) is 30.7 Å². The quantitative estimate of drug-likeness (QED) is 0.0966. The zero-order chi connectivity index (χ0) is 42.6. The molecule has 4 aromatic carbocycles. The Morgan fingerprint density at radius 2 is 1.14 bits per heavy atom. The van der Waals surface area contributed by atoms with Crippen LogP contribution in [-0.4, -0.2) is 64.6 Å². The topological polar surface area (TPSA) is 127 Å². The summed E-state index contributed by atoms with van der Waals surface area (Å²) in [7, 11) is -1.69. The molecule has 2 aliphatic heterocycles. The van der Waals surface area contributed by atoms with Gasteiger partial charge in [0.2, 0.25) is 11.6 Å². The first-order chi connectivity index (χ1) is 25.7. The third-order valence-electron chi connectivity index (χ3n) is 9.13. The molecule has 2 aliphatic rings. The lowest BCUT2D eigenvalue weighted by molar-refractivity contribution is 0.00578. The van der Waals surface area contributed by atoms with E-state index >= 15 is 0 Å². The molecule has 0 atom stereocenters. The Kier molecular flexibility index (Phi) is 15.2. The van der Waals surface area contributed by atoms with E-state index in [1.54, 1.807) is 0 Å². The summed E-state index contributed by atoms with van der Waals surface area (Å²) >= 11 is 2.75. The molecule has 0 unspecified atom stereocenters. The van der Waals surface area contributed by atoms with Crippen molar-refractivity contribution >= 4 is 48.8 Å². The van der Waals surface area contributed by atoms with Crippen molar-refractivity contribution < 1.29 is 74.3 Å². The van der Waals surface area contributed by atoms with Gasteiger partial charge in [-0.3, -0.25) is 0 Å². The molecule has 6 rings (SSSR count). The largest absolute Gasteiger partial charge is 0.505 e. The van der Waals surface area contributed by atoms with Crippen molar-refractivity contribution in [3.63, 3.8) is 0 Å². The van der Waals surface area contributed by atoms with Gasteiger partial charge in [0, 0.05) is 17.0 Å². The van der Waals surface area contributed by atoms with Crippen LogP contribution in [0.1, 0.15) is 55.4 Å². The number of rotatable bonds is 4. The first-order valence-corrected chi connectivity index (χ1v) is 17.3. The van der Waals surface area contributed by atoms with Crippen LogP contribution in [0, 0.1) is 40.7 Å². The van der Waals surface area contributed by atoms with E-state index in [1.165, 1.54) is 38.0 Å². The maximum Gasteiger partial charge on any atom is 0.497 e. The molecule has 301 valence electrons. The average molecular weight is 860 g/mol. The molecular formula is C36H38B3BrF7O9. The minimum atomic E-state index is -2.13. The van der Waals surface area contributed by atoms with Crippen molar-refractivity contribution in [2.75, 3.05) is 0 Å². The van der Waals surface area contributed by atoms with Crippen molar-refractivity contribution in [3.05, 3.63) is 106 Å². The van der Waals surface area contributed by atoms with Gasteiger partial charge >= 0.3 is 21.9 Å². The van der Waals surface area contributed by atoms with Gasteiger partial charge in [-0.15, -0.1) is 0 Å². The fraction of sp³-hybridized carbons (Fsp3) is 0.333. The number of benzene rings is 4. The third-order valence-corrected chi connectivity index (χ3v) is 9.74. The summed E-state index contributed by atoms with van der Waals surface area (Å²) < 4.78 is 118. The van der Waals surface area contributed by atoms with Crippen LogP contribution in [-0.2, 0) is 18.6 Å². The van der Waals surface area contributed by atoms with Gasteiger partial charge in [0.25, 0.3) is 0 Å². The molecule has 4 aromatic rings. The maximum absolute atomic E-state index is 13.7. The van der Waals surface area contributed by atoms with E-state index in [0.717, 1.165) is 30.3 Å². The van der Waals surface area contributed by atoms with Gasteiger partial charge < -0.3 is 43.6 Å². The van der Waals surface area contributed by atoms with Gasteiger partial charge in [-0.05, 0) is 108 Å². The molecule has 0 saturated carbocycles. The number of hydrogen-bond donors (Lipinski definition) is 4. The molecule has 2 saturated heterocycles. The zero-order valence-corrected chi connectivity index (χ0v) is 32.9. The summed E-state index contributed by atoms with van der Waals surface area (Å²) in [4.78, 5) is 0. The molecule has 9 nitrogen and oxygen atoms in total. The SMILES string of the molecule is CC1(C)OB(c2ccc(O)c(F)c2F)OC1(C)C.CC1(C)O[B]OC1(C)C.OB(O)c1ccc(Oc2cccc(F)c2)c(F)c1F.Oc1ccc(Br)c(F)c1F. The Morgan fingerprint density at radius 1 is 0.625 bits per heavy atom. The predicted molar refractivity (Wildman–Crippen MR) is 198 cm³/mol. The number of aromatic hydroxyl groups is 2. The highest BCUT2D eigenvalue weighted by Crippen LogP contribution is 2.37. The highest BCUT2D eigenvalue weighted by Gasteiger charge is 2.52. The molecule has 2 heterocycles. The van der Waals surface area contributed by atoms with Crippen LogP contribution < -0.4 is 15.7 Å². The van der Waals surface area contributed by atoms with Gasteiger partial charge in [-0.25, -0.2) is 17.6 Å². The van der Waals surface area contributed by atoms with Crippen LogP contribution in [0.25, 0.3) is 0 Å². The number of halogens is 8. The maximum atomic E-state index is 13.7. The first-order valence-electron chi connectivity index (χ1n) is 16.5. The van der Waals surface area contributed by atoms with E-state index < -0.39 is 88.9 Å². The van der Waals surface area contributed by atoms with Crippen molar-refractivity contribution in [2.24, 2.45) is 0 Å². The van der Waals surface area contributed by atoms with Crippen molar-refractivity contribution in [3.8, 4) is 23.0 Å². The summed E-state index contributed by atoms with van der Waals surface area (Å²) in [5.41, 5.74) is -2.29. The molecule has 4 N–H and O–H groups in total. The van der Waals surface area contributed by atoms with Crippen LogP contribution in [0.3, 0.4) is 0 Å². The molecule has 0 spiro atoms. The predicted octanol–water partition coefficient (Wildman–Crippen LogP) is 7.10. The lowest BCUT2D eigenvalue weighted by atomic mass is 9.78. The number of phenols is 2. The summed E-state index contributed by atoms with van der Waals surface area (Å²) in [6, 6.07) is 11.5. The number of phenolic OH excluding ortho intramolecular Hbond substituents is 2. The minimum absolute atomic E-state index is 0.00259. The Labute approximate surface area is 329 Å². The van der Waals surface area contributed by atoms with Crippen molar-refractivity contribution in [1.29, 1.82) is 0 Å². The second-order valence-corrected chi connectivity index (χ2v) is 15.0. The standard InChI is InChI=1S/C12H8BF3O3.C12H15BF2O3.C6H12BO2.C6H3BrF2O/c14-7-2-1-3-8(6-7)19-10-5-4-9(13(17)18)11(15)12(10)16;1-11(2)12(3,4)18-13(17-11)7-5-6-8(16)10(15)9(7)14;1-5(2)6(3,4)9-7-8-5;7-3-1-2-4(10)6(9)5(3)8/h1-6,17-18H;5-6,16H,1-4H3;1-4H3;1-2,10H. The zero-order valence-electron chi connectivity index (χ0n) is 31.4. The summed E-state index contributed by atoms with van der Waals surface area (Å²) in [6.45, 7) is 15.3. The first kappa shape index (κ1) is 46.6. The molecule has 0 bridgehead atoms. The summed E-state index contributed by atoms with van der Waals surface area (Å²) in [5.74, 6) is -10.0. The fourth-order valence-electron chi connectivity index (χ4n) is 4.25. The second kappa shape index (κ2) is 18.2. The third kappa shape index (κ3) is 11.0. The molecule has 20 heteroatoms.